The molecule has 0 radical (unpaired) electrons. The first kappa shape index (κ1) is 13.1. The van der Waals surface area contributed by atoms with Crippen LogP contribution in [0, 0.1) is 0 Å². The third-order valence-electron chi connectivity index (χ3n) is 2.65. The van der Waals surface area contributed by atoms with Gasteiger partial charge in [-0.05, 0) is 35.8 Å². The van der Waals surface area contributed by atoms with Gasteiger partial charge in [0, 0.05) is 10.5 Å². The van der Waals surface area contributed by atoms with Crippen LogP contribution in [-0.4, -0.2) is 6.04 Å². The Bertz CT molecular complexity index is 544. The van der Waals surface area contributed by atoms with E-state index in [1.54, 1.807) is 0 Å². The van der Waals surface area contributed by atoms with Crippen LogP contribution in [0.2, 0.25) is 0 Å². The number of hydrogen-bond donors (Lipinski definition) is 1. The van der Waals surface area contributed by atoms with E-state index in [0.717, 1.165) is 4.47 Å². The molecule has 1 atom stereocenters. The number of benzene rings is 2. The quantitative estimate of drug-likeness (QED) is 0.902. The van der Waals surface area contributed by atoms with Gasteiger partial charge in [-0.15, -0.1) is 0 Å². The summed E-state index contributed by atoms with van der Waals surface area (Å²) in [4.78, 5) is 0. The van der Waals surface area contributed by atoms with E-state index in [1.807, 2.05) is 37.3 Å². The van der Waals surface area contributed by atoms with E-state index >= 15 is 0 Å². The van der Waals surface area contributed by atoms with Crippen LogP contribution in [0.1, 0.15) is 18.1 Å². The summed E-state index contributed by atoms with van der Waals surface area (Å²) in [7, 11) is 0. The Kier molecular flexibility index (Phi) is 4.34. The molecular formula is C16H16BrN. The zero-order valence-corrected chi connectivity index (χ0v) is 11.9. The summed E-state index contributed by atoms with van der Waals surface area (Å²) in [6.07, 6.45) is 2.09. The summed E-state index contributed by atoms with van der Waals surface area (Å²) in [5.41, 5.74) is 9.45. The molecule has 92 valence electrons. The monoisotopic (exact) mass is 301 g/mol. The average Bonchev–Trinajstić information content (AvgIpc) is 2.37. The lowest BCUT2D eigenvalue weighted by Gasteiger charge is -2.10. The first-order valence-electron chi connectivity index (χ1n) is 5.95. The molecule has 0 aliphatic heterocycles. The second-order valence-corrected chi connectivity index (χ2v) is 5.23. The van der Waals surface area contributed by atoms with E-state index in [0.29, 0.717) is 0 Å². The van der Waals surface area contributed by atoms with Crippen molar-refractivity contribution >= 4 is 21.5 Å². The lowest BCUT2D eigenvalue weighted by molar-refractivity contribution is 0.927. The van der Waals surface area contributed by atoms with Gasteiger partial charge in [-0.25, -0.2) is 0 Å². The van der Waals surface area contributed by atoms with Gasteiger partial charge < -0.3 is 5.73 Å². The molecule has 0 saturated carbocycles. The maximum Gasteiger partial charge on any atom is 0.0204 e. The van der Waals surface area contributed by atoms with Crippen LogP contribution in [-0.2, 0) is 0 Å². The lowest BCUT2D eigenvalue weighted by Crippen LogP contribution is -2.11. The van der Waals surface area contributed by atoms with Crippen molar-refractivity contribution in [1.82, 2.24) is 0 Å². The molecule has 0 aromatic heterocycles. The molecule has 1 unspecified atom stereocenters. The molecule has 0 aliphatic rings. The molecule has 0 saturated heterocycles. The lowest BCUT2D eigenvalue weighted by atomic mass is 9.96. The van der Waals surface area contributed by atoms with Crippen LogP contribution in [0.4, 0.5) is 0 Å². The third kappa shape index (κ3) is 3.31. The predicted octanol–water partition coefficient (Wildman–Crippen LogP) is 4.23. The molecule has 0 aliphatic carbocycles. The fourth-order valence-corrected chi connectivity index (χ4v) is 2.29. The Morgan fingerprint density at radius 3 is 2.33 bits per heavy atom. The van der Waals surface area contributed by atoms with Gasteiger partial charge in [0.1, 0.15) is 0 Å². The second kappa shape index (κ2) is 5.98. The van der Waals surface area contributed by atoms with Gasteiger partial charge in [0.25, 0.3) is 0 Å². The highest BCUT2D eigenvalue weighted by atomic mass is 79.9. The highest BCUT2D eigenvalue weighted by Gasteiger charge is 2.06. The van der Waals surface area contributed by atoms with Gasteiger partial charge in [-0.3, -0.25) is 0 Å². The van der Waals surface area contributed by atoms with Crippen molar-refractivity contribution in [1.29, 1.82) is 0 Å². The van der Waals surface area contributed by atoms with E-state index in [2.05, 4.69) is 46.3 Å². The minimum Gasteiger partial charge on any atom is -0.325 e. The van der Waals surface area contributed by atoms with E-state index < -0.39 is 0 Å². The highest BCUT2D eigenvalue weighted by Crippen LogP contribution is 2.25. The fourth-order valence-electron chi connectivity index (χ4n) is 1.90. The Balaban J connectivity index is 2.51. The van der Waals surface area contributed by atoms with Crippen LogP contribution in [0.15, 0.2) is 65.1 Å². The molecule has 2 heteroatoms. The molecule has 2 rings (SSSR count). The molecule has 18 heavy (non-hydrogen) atoms. The average molecular weight is 302 g/mol. The Morgan fingerprint density at radius 1 is 1.06 bits per heavy atom. The Morgan fingerprint density at radius 2 is 1.72 bits per heavy atom. The van der Waals surface area contributed by atoms with Crippen molar-refractivity contribution in [3.63, 3.8) is 0 Å². The van der Waals surface area contributed by atoms with Crippen molar-refractivity contribution in [2.24, 2.45) is 5.73 Å². The van der Waals surface area contributed by atoms with Gasteiger partial charge in [0.2, 0.25) is 0 Å². The van der Waals surface area contributed by atoms with Gasteiger partial charge in [-0.1, -0.05) is 64.5 Å². The molecule has 0 amide bonds. The molecule has 0 fully saturated rings. The topological polar surface area (TPSA) is 26.0 Å². The second-order valence-electron chi connectivity index (χ2n) is 4.32. The van der Waals surface area contributed by atoms with Gasteiger partial charge >= 0.3 is 0 Å². The minimum absolute atomic E-state index is 0.0270. The zero-order valence-electron chi connectivity index (χ0n) is 10.3. The van der Waals surface area contributed by atoms with Crippen molar-refractivity contribution in [2.75, 3.05) is 0 Å². The maximum absolute atomic E-state index is 5.92. The van der Waals surface area contributed by atoms with Crippen LogP contribution in [0.3, 0.4) is 0 Å². The summed E-state index contributed by atoms with van der Waals surface area (Å²) in [5.74, 6) is 0. The number of nitrogens with two attached hydrogens (primary N) is 1. The van der Waals surface area contributed by atoms with E-state index in [4.69, 9.17) is 5.73 Å². The standard InChI is InChI=1S/C16H16BrN/c1-12(18)10-16(13-6-3-2-4-7-13)14-8-5-9-15(17)11-14/h2-12H,18H2,1H3/b16-10+. The summed E-state index contributed by atoms with van der Waals surface area (Å²) in [6, 6.07) is 18.6. The van der Waals surface area contributed by atoms with Crippen molar-refractivity contribution < 1.29 is 0 Å². The largest absolute Gasteiger partial charge is 0.325 e. The molecule has 0 spiro atoms. The number of rotatable bonds is 3. The zero-order chi connectivity index (χ0) is 13.0. The maximum atomic E-state index is 5.92. The fraction of sp³-hybridized carbons (Fsp3) is 0.125. The number of halogens is 1. The number of hydrogen-bond acceptors (Lipinski definition) is 1. The smallest absolute Gasteiger partial charge is 0.0204 e. The molecule has 2 aromatic carbocycles. The summed E-state index contributed by atoms with van der Waals surface area (Å²) in [6.45, 7) is 1.99. The Labute approximate surface area is 116 Å². The SMILES string of the molecule is CC(N)/C=C(\c1ccccc1)c1cccc(Br)c1. The van der Waals surface area contributed by atoms with Crippen LogP contribution in [0.25, 0.3) is 5.57 Å². The van der Waals surface area contributed by atoms with Crippen molar-refractivity contribution in [3.8, 4) is 0 Å². The molecule has 0 bridgehead atoms. The van der Waals surface area contributed by atoms with Crippen molar-refractivity contribution in [3.05, 3.63) is 76.3 Å². The van der Waals surface area contributed by atoms with Crippen molar-refractivity contribution in [2.45, 2.75) is 13.0 Å². The van der Waals surface area contributed by atoms with E-state index in [-0.39, 0.29) is 6.04 Å². The van der Waals surface area contributed by atoms with Gasteiger partial charge in [0.05, 0.1) is 0 Å². The summed E-state index contributed by atoms with van der Waals surface area (Å²) >= 11 is 3.51. The normalized spacial score (nSPS) is 13.4. The molecular weight excluding hydrogens is 286 g/mol. The summed E-state index contributed by atoms with van der Waals surface area (Å²) < 4.78 is 1.08. The van der Waals surface area contributed by atoms with Crippen LogP contribution >= 0.6 is 15.9 Å². The highest BCUT2D eigenvalue weighted by molar-refractivity contribution is 9.10. The third-order valence-corrected chi connectivity index (χ3v) is 3.14. The molecule has 2 aromatic rings. The van der Waals surface area contributed by atoms with Gasteiger partial charge in [-0.2, -0.15) is 0 Å². The van der Waals surface area contributed by atoms with Crippen LogP contribution < -0.4 is 5.73 Å². The summed E-state index contributed by atoms with van der Waals surface area (Å²) in [5, 5.41) is 0. The van der Waals surface area contributed by atoms with Crippen LogP contribution in [0.5, 0.6) is 0 Å². The molecule has 1 nitrogen and oxygen atoms in total. The Hall–Kier alpha value is -1.38. The molecule has 0 heterocycles. The first-order valence-corrected chi connectivity index (χ1v) is 6.75. The molecule has 2 N–H and O–H groups in total. The predicted molar refractivity (Wildman–Crippen MR) is 81.3 cm³/mol. The first-order chi connectivity index (χ1) is 8.66. The van der Waals surface area contributed by atoms with E-state index in [1.165, 1.54) is 16.7 Å². The van der Waals surface area contributed by atoms with E-state index in [9.17, 15) is 0 Å². The minimum atomic E-state index is 0.0270. The van der Waals surface area contributed by atoms with Gasteiger partial charge in [0.15, 0.2) is 0 Å².